The molecule has 0 saturated carbocycles. The van der Waals surface area contributed by atoms with Gasteiger partial charge in [-0.15, -0.1) is 0 Å². The second-order valence-corrected chi connectivity index (χ2v) is 8.66. The first-order chi connectivity index (χ1) is 12.8. The summed E-state index contributed by atoms with van der Waals surface area (Å²) in [5, 5.41) is 0.817. The average molecular weight is 385 g/mol. The number of anilines is 1. The molecule has 0 fully saturated rings. The first kappa shape index (κ1) is 17.6. The van der Waals surface area contributed by atoms with Crippen molar-refractivity contribution < 1.29 is 22.4 Å². The van der Waals surface area contributed by atoms with Gasteiger partial charge in [0.15, 0.2) is 5.76 Å². The lowest BCUT2D eigenvalue weighted by atomic mass is 10.0. The third-order valence-electron chi connectivity index (χ3n) is 4.80. The molecule has 1 aliphatic rings. The van der Waals surface area contributed by atoms with Crippen LogP contribution in [-0.2, 0) is 16.4 Å². The van der Waals surface area contributed by atoms with Gasteiger partial charge < -0.3 is 9.15 Å². The summed E-state index contributed by atoms with van der Waals surface area (Å²) in [5.74, 6) is 0.658. The van der Waals surface area contributed by atoms with E-state index in [1.807, 2.05) is 19.1 Å². The van der Waals surface area contributed by atoms with Gasteiger partial charge in [-0.3, -0.25) is 9.10 Å². The molecule has 1 aliphatic heterocycles. The number of rotatable bonds is 4. The number of ketones is 1. The van der Waals surface area contributed by atoms with E-state index in [1.165, 1.54) is 10.6 Å². The van der Waals surface area contributed by atoms with Crippen molar-refractivity contribution in [3.05, 3.63) is 59.4 Å². The Morgan fingerprint density at radius 2 is 1.96 bits per heavy atom. The molecule has 0 radical (unpaired) electrons. The zero-order valence-corrected chi connectivity index (χ0v) is 16.0. The van der Waals surface area contributed by atoms with Crippen molar-refractivity contribution in [3.8, 4) is 5.75 Å². The number of ether oxygens (including phenoxy) is 1. The van der Waals surface area contributed by atoms with Gasteiger partial charge in [0.2, 0.25) is 15.8 Å². The summed E-state index contributed by atoms with van der Waals surface area (Å²) in [6.07, 6.45) is 1.77. The fraction of sp³-hybridized carbons (Fsp3) is 0.250. The summed E-state index contributed by atoms with van der Waals surface area (Å²) < 4.78 is 36.4. The lowest BCUT2D eigenvalue weighted by Gasteiger charge is -2.21. The summed E-state index contributed by atoms with van der Waals surface area (Å²) in [4.78, 5) is 12.9. The molecule has 27 heavy (non-hydrogen) atoms. The van der Waals surface area contributed by atoms with Crippen LogP contribution in [0.3, 0.4) is 0 Å². The summed E-state index contributed by atoms with van der Waals surface area (Å²) in [7, 11) is -1.79. The first-order valence-electron chi connectivity index (χ1n) is 8.52. The molecule has 1 unspecified atom stereocenters. The van der Waals surface area contributed by atoms with E-state index in [4.69, 9.17) is 9.15 Å². The van der Waals surface area contributed by atoms with Gasteiger partial charge in [-0.25, -0.2) is 8.42 Å². The minimum absolute atomic E-state index is 0.168. The third kappa shape index (κ3) is 2.98. The van der Waals surface area contributed by atoms with E-state index in [0.717, 1.165) is 10.9 Å². The smallest absolute Gasteiger partial charge is 0.232 e. The molecule has 0 bridgehead atoms. The highest BCUT2D eigenvalue weighted by atomic mass is 32.2. The molecule has 0 amide bonds. The standard InChI is InChI=1S/C20H19NO5S/c1-12-8-15-9-14(5-7-17(15)21(12)27(3,23)24)20(22)19-10-13-4-6-16(25-2)11-18(13)26-19/h4-7,9-12H,8H2,1-3H3. The van der Waals surface area contributed by atoms with Crippen LogP contribution in [0.1, 0.15) is 28.6 Å². The van der Waals surface area contributed by atoms with Crippen LogP contribution in [0.15, 0.2) is 46.9 Å². The molecule has 0 aliphatic carbocycles. The predicted octanol–water partition coefficient (Wildman–Crippen LogP) is 3.38. The molecule has 4 rings (SSSR count). The third-order valence-corrected chi connectivity index (χ3v) is 6.07. The molecule has 2 heterocycles. The maximum absolute atomic E-state index is 12.9. The van der Waals surface area contributed by atoms with Crippen LogP contribution >= 0.6 is 0 Å². The number of nitrogens with zero attached hydrogens (tertiary/aromatic N) is 1. The highest BCUT2D eigenvalue weighted by Crippen LogP contribution is 2.35. The summed E-state index contributed by atoms with van der Waals surface area (Å²) in [6.45, 7) is 1.86. The van der Waals surface area contributed by atoms with Crippen molar-refractivity contribution in [1.82, 2.24) is 0 Å². The van der Waals surface area contributed by atoms with Crippen molar-refractivity contribution in [2.24, 2.45) is 0 Å². The molecular formula is C20H19NO5S. The molecule has 140 valence electrons. The fourth-order valence-corrected chi connectivity index (χ4v) is 4.91. The number of fused-ring (bicyclic) bond motifs is 2. The van der Waals surface area contributed by atoms with E-state index in [2.05, 4.69) is 0 Å². The lowest BCUT2D eigenvalue weighted by molar-refractivity contribution is 0.101. The Morgan fingerprint density at radius 3 is 2.67 bits per heavy atom. The zero-order valence-electron chi connectivity index (χ0n) is 15.2. The second-order valence-electron chi connectivity index (χ2n) is 6.80. The molecule has 0 N–H and O–H groups in total. The van der Waals surface area contributed by atoms with Crippen LogP contribution in [0, 0.1) is 0 Å². The Labute approximate surface area is 157 Å². The minimum atomic E-state index is -3.36. The number of hydrogen-bond acceptors (Lipinski definition) is 5. The molecule has 6 nitrogen and oxygen atoms in total. The Bertz CT molecular complexity index is 1160. The number of carbonyl (C=O) groups is 1. The van der Waals surface area contributed by atoms with Gasteiger partial charge in [0.25, 0.3) is 0 Å². The second kappa shape index (κ2) is 6.13. The number of sulfonamides is 1. The van der Waals surface area contributed by atoms with Crippen LogP contribution in [0.25, 0.3) is 11.0 Å². The Hall–Kier alpha value is -2.80. The quantitative estimate of drug-likeness (QED) is 0.644. The zero-order chi connectivity index (χ0) is 19.3. The van der Waals surface area contributed by atoms with Gasteiger partial charge in [-0.1, -0.05) is 0 Å². The maximum Gasteiger partial charge on any atom is 0.232 e. The number of carbonyl (C=O) groups excluding carboxylic acids is 1. The van der Waals surface area contributed by atoms with Crippen LogP contribution in [0.5, 0.6) is 5.75 Å². The van der Waals surface area contributed by atoms with E-state index in [9.17, 15) is 13.2 Å². The Kier molecular flexibility index (Phi) is 3.99. The molecule has 2 aromatic carbocycles. The van der Waals surface area contributed by atoms with Crippen molar-refractivity contribution in [2.45, 2.75) is 19.4 Å². The van der Waals surface area contributed by atoms with Gasteiger partial charge in [-0.2, -0.15) is 0 Å². The van der Waals surface area contributed by atoms with Gasteiger partial charge in [0.05, 0.1) is 19.1 Å². The molecule has 1 atom stereocenters. The van der Waals surface area contributed by atoms with Crippen molar-refractivity contribution >= 4 is 32.5 Å². The van der Waals surface area contributed by atoms with Crippen LogP contribution in [-0.4, -0.2) is 33.6 Å². The predicted molar refractivity (Wildman–Crippen MR) is 103 cm³/mol. The number of furan rings is 1. The first-order valence-corrected chi connectivity index (χ1v) is 10.4. The van der Waals surface area contributed by atoms with E-state index in [0.29, 0.717) is 29.0 Å². The molecular weight excluding hydrogens is 366 g/mol. The van der Waals surface area contributed by atoms with Crippen molar-refractivity contribution in [2.75, 3.05) is 17.7 Å². The largest absolute Gasteiger partial charge is 0.497 e. The topological polar surface area (TPSA) is 76.8 Å². The molecule has 0 spiro atoms. The highest BCUT2D eigenvalue weighted by molar-refractivity contribution is 7.92. The van der Waals surface area contributed by atoms with Crippen LogP contribution in [0.4, 0.5) is 5.69 Å². The molecule has 3 aromatic rings. The minimum Gasteiger partial charge on any atom is -0.497 e. The van der Waals surface area contributed by atoms with Gasteiger partial charge in [0, 0.05) is 23.1 Å². The maximum atomic E-state index is 12.9. The normalized spacial score (nSPS) is 16.6. The fourth-order valence-electron chi connectivity index (χ4n) is 3.64. The van der Waals surface area contributed by atoms with Gasteiger partial charge in [0.1, 0.15) is 11.3 Å². The lowest BCUT2D eigenvalue weighted by Crippen LogP contribution is -2.34. The number of benzene rings is 2. The number of methoxy groups -OCH3 is 1. The Morgan fingerprint density at radius 1 is 1.19 bits per heavy atom. The van der Waals surface area contributed by atoms with Crippen molar-refractivity contribution in [3.63, 3.8) is 0 Å². The summed E-state index contributed by atoms with van der Waals surface area (Å²) in [5.41, 5.74) is 2.53. The summed E-state index contributed by atoms with van der Waals surface area (Å²) in [6, 6.07) is 12.0. The van der Waals surface area contributed by atoms with E-state index in [-0.39, 0.29) is 17.6 Å². The number of hydrogen-bond donors (Lipinski definition) is 0. The van der Waals surface area contributed by atoms with Gasteiger partial charge in [-0.05, 0) is 55.3 Å². The van der Waals surface area contributed by atoms with Crippen molar-refractivity contribution in [1.29, 1.82) is 0 Å². The van der Waals surface area contributed by atoms with E-state index in [1.54, 1.807) is 37.4 Å². The molecule has 1 aromatic heterocycles. The van der Waals surface area contributed by atoms with E-state index >= 15 is 0 Å². The monoisotopic (exact) mass is 385 g/mol. The summed E-state index contributed by atoms with van der Waals surface area (Å²) >= 11 is 0. The van der Waals surface area contributed by atoms with Gasteiger partial charge >= 0.3 is 0 Å². The van der Waals surface area contributed by atoms with Crippen LogP contribution < -0.4 is 9.04 Å². The average Bonchev–Trinajstić information content (AvgIpc) is 3.18. The van der Waals surface area contributed by atoms with Crippen LogP contribution in [0.2, 0.25) is 0 Å². The molecule has 0 saturated heterocycles. The molecule has 7 heteroatoms. The Balaban J connectivity index is 1.71. The highest BCUT2D eigenvalue weighted by Gasteiger charge is 2.33. The van der Waals surface area contributed by atoms with E-state index < -0.39 is 10.0 Å². The SMILES string of the molecule is COc1ccc2cc(C(=O)c3ccc4c(c3)CC(C)N4S(C)(=O)=O)oc2c1.